The van der Waals surface area contributed by atoms with Gasteiger partial charge in [0.05, 0.1) is 11.4 Å². The second-order valence-corrected chi connectivity index (χ2v) is 3.46. The number of nitrogens with zero attached hydrogens (tertiary/aromatic N) is 2. The highest BCUT2D eigenvalue weighted by Gasteiger charge is 2.19. The maximum Gasteiger partial charge on any atom is 0.281 e. The molecule has 2 nitrogen and oxygen atoms in total. The van der Waals surface area contributed by atoms with Gasteiger partial charge in [0, 0.05) is 16.2 Å². The molecule has 1 aromatic rings. The summed E-state index contributed by atoms with van der Waals surface area (Å²) in [6.07, 6.45) is -1.52. The van der Waals surface area contributed by atoms with Crippen molar-refractivity contribution in [1.82, 2.24) is 4.98 Å². The van der Waals surface area contributed by atoms with E-state index in [0.29, 0.717) is 10.0 Å². The van der Waals surface area contributed by atoms with Crippen LogP contribution in [0, 0.1) is 11.3 Å². The van der Waals surface area contributed by atoms with Gasteiger partial charge in [-0.15, -0.1) is 11.6 Å². The standard InChI is InChI=1S/C8H4BrClF2N2/c9-6-4(1-10)3-14-7(8(11)12)5(6)2-13/h3,8H,1H2. The van der Waals surface area contributed by atoms with Crippen molar-refractivity contribution in [2.75, 3.05) is 0 Å². The predicted octanol–water partition coefficient (Wildman–Crippen LogP) is 3.39. The maximum absolute atomic E-state index is 12.4. The van der Waals surface area contributed by atoms with Gasteiger partial charge in [0.25, 0.3) is 6.43 Å². The molecule has 0 saturated heterocycles. The van der Waals surface area contributed by atoms with Gasteiger partial charge in [-0.3, -0.25) is 4.98 Å². The van der Waals surface area contributed by atoms with Gasteiger partial charge in [-0.1, -0.05) is 0 Å². The minimum atomic E-state index is -2.76. The third kappa shape index (κ3) is 2.02. The van der Waals surface area contributed by atoms with Gasteiger partial charge in [-0.05, 0) is 15.9 Å². The van der Waals surface area contributed by atoms with Crippen molar-refractivity contribution in [3.8, 4) is 6.07 Å². The molecule has 1 aromatic heterocycles. The number of nitriles is 1. The third-order valence-corrected chi connectivity index (χ3v) is 2.77. The summed E-state index contributed by atoms with van der Waals surface area (Å²) in [5.74, 6) is 0.117. The molecule has 0 aliphatic carbocycles. The van der Waals surface area contributed by atoms with Crippen molar-refractivity contribution in [2.45, 2.75) is 12.3 Å². The largest absolute Gasteiger partial charge is 0.281 e. The van der Waals surface area contributed by atoms with Crippen LogP contribution in [0.4, 0.5) is 8.78 Å². The Morgan fingerprint density at radius 3 is 2.71 bits per heavy atom. The average molecular weight is 281 g/mol. The van der Waals surface area contributed by atoms with Crippen molar-refractivity contribution < 1.29 is 8.78 Å². The Morgan fingerprint density at radius 1 is 1.64 bits per heavy atom. The number of hydrogen-bond acceptors (Lipinski definition) is 2. The number of alkyl halides is 3. The summed E-state index contributed by atoms with van der Waals surface area (Å²) in [6, 6.07) is 1.67. The van der Waals surface area contributed by atoms with E-state index in [1.165, 1.54) is 6.20 Å². The molecule has 0 unspecified atom stereocenters. The van der Waals surface area contributed by atoms with E-state index in [2.05, 4.69) is 20.9 Å². The van der Waals surface area contributed by atoms with Gasteiger partial charge in [-0.2, -0.15) is 5.26 Å². The Kier molecular flexibility index (Phi) is 3.78. The molecule has 0 aromatic carbocycles. The lowest BCUT2D eigenvalue weighted by Crippen LogP contribution is -1.99. The molecule has 0 fully saturated rings. The summed E-state index contributed by atoms with van der Waals surface area (Å²) >= 11 is 8.57. The zero-order valence-electron chi connectivity index (χ0n) is 6.77. The summed E-state index contributed by atoms with van der Waals surface area (Å²) in [7, 11) is 0. The van der Waals surface area contributed by atoms with Crippen LogP contribution in [-0.4, -0.2) is 4.98 Å². The number of pyridine rings is 1. The van der Waals surface area contributed by atoms with Crippen molar-refractivity contribution in [1.29, 1.82) is 5.26 Å². The second kappa shape index (κ2) is 4.67. The van der Waals surface area contributed by atoms with Gasteiger partial charge in [0.2, 0.25) is 0 Å². The monoisotopic (exact) mass is 280 g/mol. The summed E-state index contributed by atoms with van der Waals surface area (Å²) in [4.78, 5) is 3.49. The van der Waals surface area contributed by atoms with Crippen LogP contribution in [0.15, 0.2) is 10.7 Å². The summed E-state index contributed by atoms with van der Waals surface area (Å²) < 4.78 is 25.0. The Labute approximate surface area is 92.6 Å². The molecular formula is C8H4BrClF2N2. The fraction of sp³-hybridized carbons (Fsp3) is 0.250. The minimum Gasteiger partial charge on any atom is -0.253 e. The van der Waals surface area contributed by atoms with Crippen molar-refractivity contribution >= 4 is 27.5 Å². The Morgan fingerprint density at radius 2 is 2.29 bits per heavy atom. The fourth-order valence-corrected chi connectivity index (χ4v) is 1.81. The zero-order valence-corrected chi connectivity index (χ0v) is 9.11. The van der Waals surface area contributed by atoms with Crippen LogP contribution < -0.4 is 0 Å². The predicted molar refractivity (Wildman–Crippen MR) is 51.2 cm³/mol. The first-order valence-corrected chi connectivity index (χ1v) is 4.86. The Balaban J connectivity index is 3.38. The Hall–Kier alpha value is -0.730. The van der Waals surface area contributed by atoms with E-state index in [-0.39, 0.29) is 11.4 Å². The van der Waals surface area contributed by atoms with Crippen molar-refractivity contribution in [3.63, 3.8) is 0 Å². The molecule has 0 amide bonds. The van der Waals surface area contributed by atoms with E-state index in [0.717, 1.165) is 0 Å². The van der Waals surface area contributed by atoms with E-state index in [9.17, 15) is 8.78 Å². The molecule has 0 radical (unpaired) electrons. The molecule has 0 bridgehead atoms. The molecule has 14 heavy (non-hydrogen) atoms. The van der Waals surface area contributed by atoms with E-state index in [1.54, 1.807) is 6.07 Å². The van der Waals surface area contributed by atoms with Crippen LogP contribution >= 0.6 is 27.5 Å². The van der Waals surface area contributed by atoms with Crippen LogP contribution in [0.5, 0.6) is 0 Å². The van der Waals surface area contributed by atoms with Gasteiger partial charge in [-0.25, -0.2) is 8.78 Å². The quantitative estimate of drug-likeness (QED) is 0.779. The number of hydrogen-bond donors (Lipinski definition) is 0. The zero-order chi connectivity index (χ0) is 10.7. The molecule has 6 heteroatoms. The average Bonchev–Trinajstić information content (AvgIpc) is 2.17. The molecule has 74 valence electrons. The molecule has 0 aliphatic rings. The van der Waals surface area contributed by atoms with Crippen LogP contribution in [-0.2, 0) is 5.88 Å². The SMILES string of the molecule is N#Cc1c(C(F)F)ncc(CCl)c1Br. The maximum atomic E-state index is 12.4. The highest BCUT2D eigenvalue weighted by molar-refractivity contribution is 9.10. The molecular weight excluding hydrogens is 277 g/mol. The first-order valence-electron chi connectivity index (χ1n) is 3.53. The van der Waals surface area contributed by atoms with Crippen LogP contribution in [0.2, 0.25) is 0 Å². The fourth-order valence-electron chi connectivity index (χ4n) is 0.907. The third-order valence-electron chi connectivity index (χ3n) is 1.58. The lowest BCUT2D eigenvalue weighted by molar-refractivity contribution is 0.145. The first kappa shape index (κ1) is 11.3. The highest BCUT2D eigenvalue weighted by Crippen LogP contribution is 2.29. The second-order valence-electron chi connectivity index (χ2n) is 2.40. The first-order chi connectivity index (χ1) is 6.61. The molecule has 0 atom stereocenters. The van der Waals surface area contributed by atoms with Crippen LogP contribution in [0.25, 0.3) is 0 Å². The number of rotatable bonds is 2. The summed E-state index contributed by atoms with van der Waals surface area (Å²) in [6.45, 7) is 0. The summed E-state index contributed by atoms with van der Waals surface area (Å²) in [5.41, 5.74) is -0.154. The van der Waals surface area contributed by atoms with E-state index >= 15 is 0 Å². The lowest BCUT2D eigenvalue weighted by Gasteiger charge is -2.06. The molecule has 0 saturated carbocycles. The van der Waals surface area contributed by atoms with Crippen molar-refractivity contribution in [3.05, 3.63) is 27.5 Å². The van der Waals surface area contributed by atoms with Gasteiger partial charge < -0.3 is 0 Å². The minimum absolute atomic E-state index is 0.117. The molecule has 0 aliphatic heterocycles. The number of halogens is 4. The number of aromatic nitrogens is 1. The molecule has 0 N–H and O–H groups in total. The molecule has 1 rings (SSSR count). The summed E-state index contributed by atoms with van der Waals surface area (Å²) in [5, 5.41) is 8.67. The van der Waals surface area contributed by atoms with Crippen molar-refractivity contribution in [2.24, 2.45) is 0 Å². The van der Waals surface area contributed by atoms with E-state index in [1.807, 2.05) is 0 Å². The van der Waals surface area contributed by atoms with E-state index < -0.39 is 12.1 Å². The molecule has 1 heterocycles. The Bertz CT molecular complexity index is 390. The van der Waals surface area contributed by atoms with Crippen LogP contribution in [0.3, 0.4) is 0 Å². The van der Waals surface area contributed by atoms with E-state index in [4.69, 9.17) is 16.9 Å². The normalized spacial score (nSPS) is 10.3. The van der Waals surface area contributed by atoms with Gasteiger partial charge in [0.15, 0.2) is 0 Å². The van der Waals surface area contributed by atoms with Gasteiger partial charge >= 0.3 is 0 Å². The van der Waals surface area contributed by atoms with Gasteiger partial charge in [0.1, 0.15) is 11.8 Å². The molecule has 0 spiro atoms. The lowest BCUT2D eigenvalue weighted by atomic mass is 10.1. The smallest absolute Gasteiger partial charge is 0.253 e. The highest BCUT2D eigenvalue weighted by atomic mass is 79.9. The van der Waals surface area contributed by atoms with Crippen LogP contribution in [0.1, 0.15) is 23.2 Å². The topological polar surface area (TPSA) is 36.7 Å².